The van der Waals surface area contributed by atoms with E-state index < -0.39 is 11.8 Å². The minimum Gasteiger partial charge on any atom is -0.366 e. The first-order valence-corrected chi connectivity index (χ1v) is 7.95. The van der Waals surface area contributed by atoms with E-state index in [0.29, 0.717) is 12.1 Å². The third-order valence-electron chi connectivity index (χ3n) is 4.16. The molecule has 2 amide bonds. The van der Waals surface area contributed by atoms with Crippen molar-refractivity contribution in [1.82, 2.24) is 4.98 Å². The highest BCUT2D eigenvalue weighted by Crippen LogP contribution is 2.21. The Bertz CT molecular complexity index is 928. The van der Waals surface area contributed by atoms with Crippen molar-refractivity contribution >= 4 is 28.4 Å². The molecule has 5 nitrogen and oxygen atoms in total. The highest BCUT2D eigenvalue weighted by atomic mass is 16.2. The molecule has 0 fully saturated rings. The van der Waals surface area contributed by atoms with Crippen molar-refractivity contribution in [2.45, 2.75) is 6.42 Å². The molecule has 0 aliphatic rings. The smallest absolute Gasteiger partial charge is 0.244 e. The molecular weight excluding hydrogens is 314 g/mol. The van der Waals surface area contributed by atoms with E-state index in [0.717, 1.165) is 16.5 Å². The van der Waals surface area contributed by atoms with Gasteiger partial charge in [0.15, 0.2) is 0 Å². The molecule has 126 valence electrons. The second-order valence-electron chi connectivity index (χ2n) is 5.90. The number of anilines is 1. The van der Waals surface area contributed by atoms with E-state index in [2.05, 4.69) is 16.9 Å². The summed E-state index contributed by atoms with van der Waals surface area (Å²) in [7, 11) is 0. The maximum atomic E-state index is 12.7. The van der Waals surface area contributed by atoms with E-state index in [1.807, 2.05) is 60.8 Å². The molecule has 1 aromatic heterocycles. The van der Waals surface area contributed by atoms with Gasteiger partial charge in [0.2, 0.25) is 11.8 Å². The van der Waals surface area contributed by atoms with Crippen LogP contribution in [0.5, 0.6) is 0 Å². The molecule has 0 bridgehead atoms. The van der Waals surface area contributed by atoms with Gasteiger partial charge in [-0.2, -0.15) is 0 Å². The van der Waals surface area contributed by atoms with Gasteiger partial charge in [-0.15, -0.1) is 0 Å². The molecule has 0 radical (unpaired) electrons. The predicted octanol–water partition coefficient (Wildman–Crippen LogP) is 3.01. The molecule has 0 unspecified atom stereocenters. The summed E-state index contributed by atoms with van der Waals surface area (Å²) in [4.78, 5) is 27.4. The van der Waals surface area contributed by atoms with E-state index in [1.54, 1.807) is 0 Å². The summed E-state index contributed by atoms with van der Waals surface area (Å²) in [6, 6.07) is 17.0. The Hall–Kier alpha value is -3.34. The van der Waals surface area contributed by atoms with E-state index >= 15 is 0 Å². The maximum absolute atomic E-state index is 12.7. The van der Waals surface area contributed by atoms with Crippen LogP contribution in [0.3, 0.4) is 0 Å². The van der Waals surface area contributed by atoms with E-state index in [1.165, 1.54) is 0 Å². The molecule has 3 rings (SSSR count). The quantitative estimate of drug-likeness (QED) is 0.606. The van der Waals surface area contributed by atoms with Crippen molar-refractivity contribution in [3.63, 3.8) is 0 Å². The Kier molecular flexibility index (Phi) is 4.66. The van der Waals surface area contributed by atoms with Crippen molar-refractivity contribution in [3.8, 4) is 0 Å². The van der Waals surface area contributed by atoms with Crippen molar-refractivity contribution in [2.75, 3.05) is 5.32 Å². The van der Waals surface area contributed by atoms with Gasteiger partial charge in [-0.3, -0.25) is 9.59 Å². The number of carbonyl (C=O) groups excluding carboxylic acids is 2. The van der Waals surface area contributed by atoms with Crippen LogP contribution in [0.25, 0.3) is 10.9 Å². The minimum atomic E-state index is -0.723. The zero-order valence-electron chi connectivity index (χ0n) is 13.7. The first-order chi connectivity index (χ1) is 12.0. The van der Waals surface area contributed by atoms with Crippen molar-refractivity contribution in [3.05, 3.63) is 78.5 Å². The summed E-state index contributed by atoms with van der Waals surface area (Å²) in [5.74, 6) is -1.70. The van der Waals surface area contributed by atoms with E-state index in [4.69, 9.17) is 5.73 Å². The normalized spacial score (nSPS) is 11.8. The summed E-state index contributed by atoms with van der Waals surface area (Å²) < 4.78 is 0. The number of nitrogens with two attached hydrogens (primary N) is 1. The molecule has 0 aliphatic heterocycles. The number of carbonyl (C=O) groups is 2. The predicted molar refractivity (Wildman–Crippen MR) is 98.9 cm³/mol. The largest absolute Gasteiger partial charge is 0.366 e. The third kappa shape index (κ3) is 3.77. The molecule has 5 heteroatoms. The van der Waals surface area contributed by atoms with E-state index in [-0.39, 0.29) is 11.5 Å². The zero-order chi connectivity index (χ0) is 17.8. The molecule has 2 aromatic carbocycles. The van der Waals surface area contributed by atoms with Gasteiger partial charge in [-0.1, -0.05) is 43.0 Å². The molecule has 25 heavy (non-hydrogen) atoms. The summed E-state index contributed by atoms with van der Waals surface area (Å²) in [5, 5.41) is 3.91. The number of hydrogen-bond donors (Lipinski definition) is 3. The Balaban J connectivity index is 1.82. The lowest BCUT2D eigenvalue weighted by atomic mass is 9.91. The van der Waals surface area contributed by atoms with Crippen LogP contribution in [0.2, 0.25) is 0 Å². The van der Waals surface area contributed by atoms with Crippen molar-refractivity contribution in [2.24, 2.45) is 11.7 Å². The average molecular weight is 333 g/mol. The summed E-state index contributed by atoms with van der Waals surface area (Å²) >= 11 is 0. The monoisotopic (exact) mass is 333 g/mol. The lowest BCUT2D eigenvalue weighted by Gasteiger charge is -2.17. The molecule has 0 aliphatic carbocycles. The lowest BCUT2D eigenvalue weighted by Crippen LogP contribution is -2.31. The van der Waals surface area contributed by atoms with Crippen LogP contribution < -0.4 is 11.1 Å². The topological polar surface area (TPSA) is 88.0 Å². The molecule has 0 spiro atoms. The number of nitrogens with one attached hydrogen (secondary N) is 2. The van der Waals surface area contributed by atoms with Gasteiger partial charge in [-0.05, 0) is 35.6 Å². The number of aromatic amines is 1. The number of hydrogen-bond acceptors (Lipinski definition) is 2. The first-order valence-electron chi connectivity index (χ1n) is 7.95. The number of benzene rings is 2. The fourth-order valence-electron chi connectivity index (χ4n) is 2.75. The van der Waals surface area contributed by atoms with Crippen LogP contribution in [0, 0.1) is 5.92 Å². The van der Waals surface area contributed by atoms with Gasteiger partial charge in [0, 0.05) is 23.0 Å². The molecule has 1 atom stereocenters. The van der Waals surface area contributed by atoms with Crippen molar-refractivity contribution < 1.29 is 9.59 Å². The second kappa shape index (κ2) is 7.05. The number of amides is 2. The first kappa shape index (κ1) is 16.5. The standard InChI is InChI=1S/C20H19N3O2/c1-13(19(21)24)17(11-14-5-3-2-4-6-14)20(25)23-16-8-7-15-9-10-22-18(15)12-16/h2-10,12,17,22H,1,11H2,(H2,21,24)(H,23,25)/t17-/m0/s1. The Morgan fingerprint density at radius 3 is 2.60 bits per heavy atom. The highest BCUT2D eigenvalue weighted by Gasteiger charge is 2.25. The summed E-state index contributed by atoms with van der Waals surface area (Å²) in [6.45, 7) is 3.71. The SMILES string of the molecule is C=C(C(N)=O)[C@H](Cc1ccccc1)C(=O)Nc1ccc2cc[nH]c2c1. The number of H-pyrrole nitrogens is 1. The summed E-state index contributed by atoms with van der Waals surface area (Å²) in [5.41, 5.74) is 7.96. The van der Waals surface area contributed by atoms with Crippen LogP contribution in [0.4, 0.5) is 5.69 Å². The average Bonchev–Trinajstić information content (AvgIpc) is 3.07. The minimum absolute atomic E-state index is 0.0994. The Labute approximate surface area is 145 Å². The molecular formula is C20H19N3O2. The Morgan fingerprint density at radius 2 is 1.88 bits per heavy atom. The zero-order valence-corrected chi connectivity index (χ0v) is 13.7. The van der Waals surface area contributed by atoms with E-state index in [9.17, 15) is 9.59 Å². The third-order valence-corrected chi connectivity index (χ3v) is 4.16. The van der Waals surface area contributed by atoms with Crippen LogP contribution in [-0.2, 0) is 16.0 Å². The van der Waals surface area contributed by atoms with Gasteiger partial charge in [0.1, 0.15) is 0 Å². The maximum Gasteiger partial charge on any atom is 0.244 e. The number of aromatic nitrogens is 1. The molecule has 0 saturated carbocycles. The molecule has 0 saturated heterocycles. The Morgan fingerprint density at radius 1 is 1.12 bits per heavy atom. The van der Waals surface area contributed by atoms with Gasteiger partial charge in [-0.25, -0.2) is 0 Å². The fraction of sp³-hybridized carbons (Fsp3) is 0.100. The van der Waals surface area contributed by atoms with Crippen LogP contribution >= 0.6 is 0 Å². The van der Waals surface area contributed by atoms with Gasteiger partial charge >= 0.3 is 0 Å². The molecule has 3 aromatic rings. The van der Waals surface area contributed by atoms with Gasteiger partial charge in [0.25, 0.3) is 0 Å². The summed E-state index contributed by atoms with van der Waals surface area (Å²) in [6.07, 6.45) is 2.20. The number of primary amides is 1. The molecule has 4 N–H and O–H groups in total. The lowest BCUT2D eigenvalue weighted by molar-refractivity contribution is -0.122. The van der Waals surface area contributed by atoms with Crippen LogP contribution in [0.1, 0.15) is 5.56 Å². The highest BCUT2D eigenvalue weighted by molar-refractivity contribution is 6.03. The molecule has 1 heterocycles. The van der Waals surface area contributed by atoms with Crippen LogP contribution in [-0.4, -0.2) is 16.8 Å². The number of rotatable bonds is 6. The van der Waals surface area contributed by atoms with Crippen LogP contribution in [0.15, 0.2) is 72.9 Å². The van der Waals surface area contributed by atoms with Gasteiger partial charge < -0.3 is 16.0 Å². The van der Waals surface area contributed by atoms with Gasteiger partial charge in [0.05, 0.1) is 5.92 Å². The number of fused-ring (bicyclic) bond motifs is 1. The second-order valence-corrected chi connectivity index (χ2v) is 5.90. The van der Waals surface area contributed by atoms with Crippen molar-refractivity contribution in [1.29, 1.82) is 0 Å². The fourth-order valence-corrected chi connectivity index (χ4v) is 2.75.